The Balaban J connectivity index is 1.29. The average Bonchev–Trinajstić information content (AvgIpc) is 3.11. The molecule has 1 aromatic carbocycles. The average molecular weight is 423 g/mol. The topological polar surface area (TPSA) is 70.1 Å². The highest BCUT2D eigenvalue weighted by Gasteiger charge is 2.44. The van der Waals surface area contributed by atoms with Gasteiger partial charge >= 0.3 is 0 Å². The first kappa shape index (κ1) is 21.2. The first-order valence-electron chi connectivity index (χ1n) is 10.9. The molecule has 2 heterocycles. The van der Waals surface area contributed by atoms with Gasteiger partial charge in [-0.05, 0) is 69.5 Å². The molecule has 0 amide bonds. The SMILES string of the molecule is CN(CC1CC2(CCN(S(=O)(=O)c3ccccc3)CC2)CO1)C1CCC(O)CC1. The van der Waals surface area contributed by atoms with E-state index in [1.54, 1.807) is 28.6 Å². The molecule has 2 aliphatic heterocycles. The Hall–Kier alpha value is -0.990. The van der Waals surface area contributed by atoms with Crippen LogP contribution < -0.4 is 0 Å². The molecule has 0 aromatic heterocycles. The van der Waals surface area contributed by atoms with Gasteiger partial charge in [-0.1, -0.05) is 18.2 Å². The maximum Gasteiger partial charge on any atom is 0.243 e. The molecule has 2 saturated heterocycles. The van der Waals surface area contributed by atoms with Crippen LogP contribution in [0.25, 0.3) is 0 Å². The summed E-state index contributed by atoms with van der Waals surface area (Å²) in [7, 11) is -1.22. The van der Waals surface area contributed by atoms with Crippen LogP contribution in [0.15, 0.2) is 35.2 Å². The number of sulfonamides is 1. The van der Waals surface area contributed by atoms with E-state index in [1.807, 2.05) is 6.07 Å². The van der Waals surface area contributed by atoms with Crippen LogP contribution in [-0.2, 0) is 14.8 Å². The number of aliphatic hydroxyl groups is 1. The fourth-order valence-corrected chi connectivity index (χ4v) is 6.74. The Morgan fingerprint density at radius 3 is 2.45 bits per heavy atom. The van der Waals surface area contributed by atoms with Crippen LogP contribution >= 0.6 is 0 Å². The Labute approximate surface area is 174 Å². The van der Waals surface area contributed by atoms with Crippen molar-refractivity contribution < 1.29 is 18.3 Å². The van der Waals surface area contributed by atoms with Crippen molar-refractivity contribution in [2.45, 2.75) is 68.1 Å². The van der Waals surface area contributed by atoms with Gasteiger partial charge in [0.25, 0.3) is 0 Å². The van der Waals surface area contributed by atoms with Crippen molar-refractivity contribution in [3.8, 4) is 0 Å². The van der Waals surface area contributed by atoms with Crippen LogP contribution in [0.1, 0.15) is 44.9 Å². The third-order valence-electron chi connectivity index (χ3n) is 7.23. The number of benzene rings is 1. The van der Waals surface area contributed by atoms with Crippen molar-refractivity contribution in [1.82, 2.24) is 9.21 Å². The lowest BCUT2D eigenvalue weighted by molar-refractivity contribution is 0.0372. The molecule has 0 radical (unpaired) electrons. The predicted molar refractivity (Wildman–Crippen MR) is 112 cm³/mol. The van der Waals surface area contributed by atoms with Crippen molar-refractivity contribution in [1.29, 1.82) is 0 Å². The van der Waals surface area contributed by atoms with E-state index in [0.29, 0.717) is 24.0 Å². The van der Waals surface area contributed by atoms with E-state index in [1.165, 1.54) is 0 Å². The molecule has 1 aliphatic carbocycles. The number of nitrogens with zero attached hydrogens (tertiary/aromatic N) is 2. The number of rotatable bonds is 5. The Morgan fingerprint density at radius 2 is 1.79 bits per heavy atom. The second-order valence-corrected chi connectivity index (χ2v) is 11.2. The first-order valence-corrected chi connectivity index (χ1v) is 12.4. The van der Waals surface area contributed by atoms with Gasteiger partial charge in [0.2, 0.25) is 10.0 Å². The zero-order valence-electron chi connectivity index (χ0n) is 17.4. The highest BCUT2D eigenvalue weighted by Crippen LogP contribution is 2.43. The quantitative estimate of drug-likeness (QED) is 0.789. The fraction of sp³-hybridized carbons (Fsp3) is 0.727. The monoisotopic (exact) mass is 422 g/mol. The molecule has 3 aliphatic rings. The largest absolute Gasteiger partial charge is 0.393 e. The van der Waals surface area contributed by atoms with Gasteiger partial charge in [-0.3, -0.25) is 0 Å². The van der Waals surface area contributed by atoms with Crippen molar-refractivity contribution in [2.24, 2.45) is 5.41 Å². The van der Waals surface area contributed by atoms with Crippen LogP contribution in [-0.4, -0.2) is 74.3 Å². The van der Waals surface area contributed by atoms with Crippen LogP contribution in [0.2, 0.25) is 0 Å². The van der Waals surface area contributed by atoms with Crippen molar-refractivity contribution >= 4 is 10.0 Å². The number of likely N-dealkylation sites (N-methyl/N-ethyl adjacent to an activating group) is 1. The van der Waals surface area contributed by atoms with Crippen molar-refractivity contribution in [2.75, 3.05) is 33.3 Å². The second kappa shape index (κ2) is 8.63. The summed E-state index contributed by atoms with van der Waals surface area (Å²) in [5.74, 6) is 0. The third kappa shape index (κ3) is 4.69. The predicted octanol–water partition coefficient (Wildman–Crippen LogP) is 2.48. The van der Waals surface area contributed by atoms with Gasteiger partial charge in [0.05, 0.1) is 23.7 Å². The van der Waals surface area contributed by atoms with E-state index in [4.69, 9.17) is 4.74 Å². The van der Waals surface area contributed by atoms with E-state index in [2.05, 4.69) is 11.9 Å². The fourth-order valence-electron chi connectivity index (χ4n) is 5.27. The molecule has 1 atom stereocenters. The molecule has 7 heteroatoms. The lowest BCUT2D eigenvalue weighted by atomic mass is 9.77. The molecule has 0 bridgehead atoms. The third-order valence-corrected chi connectivity index (χ3v) is 9.14. The standard InChI is InChI=1S/C22H34N2O4S/c1-23(18-7-9-19(25)10-8-18)16-20-15-22(17-28-20)11-13-24(14-12-22)29(26,27)21-5-3-2-4-6-21/h2-6,18-20,25H,7-17H2,1H3. The molecule has 1 N–H and O–H groups in total. The molecule has 1 spiro atoms. The minimum atomic E-state index is -3.40. The molecule has 1 aromatic rings. The van der Waals surface area contributed by atoms with Crippen LogP contribution in [0.4, 0.5) is 0 Å². The molecular formula is C22H34N2O4S. The van der Waals surface area contributed by atoms with Gasteiger partial charge in [-0.15, -0.1) is 0 Å². The molecule has 6 nitrogen and oxygen atoms in total. The smallest absolute Gasteiger partial charge is 0.243 e. The number of hydrogen-bond donors (Lipinski definition) is 1. The van der Waals surface area contributed by atoms with Crippen LogP contribution in [0.3, 0.4) is 0 Å². The van der Waals surface area contributed by atoms with Gasteiger partial charge in [0.1, 0.15) is 0 Å². The normalized spacial score (nSPS) is 30.8. The lowest BCUT2D eigenvalue weighted by Gasteiger charge is -2.38. The molecule has 1 saturated carbocycles. The number of aliphatic hydroxyl groups excluding tert-OH is 1. The van der Waals surface area contributed by atoms with Crippen LogP contribution in [0.5, 0.6) is 0 Å². The summed E-state index contributed by atoms with van der Waals surface area (Å²) in [6.07, 6.45) is 6.78. The molecular weight excluding hydrogens is 388 g/mol. The lowest BCUT2D eigenvalue weighted by Crippen LogP contribution is -2.44. The second-order valence-electron chi connectivity index (χ2n) is 9.26. The van der Waals surface area contributed by atoms with Crippen LogP contribution in [0, 0.1) is 5.41 Å². The summed E-state index contributed by atoms with van der Waals surface area (Å²) < 4.78 is 33.6. The van der Waals surface area contributed by atoms with E-state index < -0.39 is 10.0 Å². The minimum Gasteiger partial charge on any atom is -0.393 e. The molecule has 4 rings (SSSR count). The van der Waals surface area contributed by atoms with Gasteiger partial charge in [-0.25, -0.2) is 8.42 Å². The zero-order valence-corrected chi connectivity index (χ0v) is 18.2. The zero-order chi connectivity index (χ0) is 20.5. The van der Waals surface area contributed by atoms with Gasteiger partial charge in [-0.2, -0.15) is 4.31 Å². The summed E-state index contributed by atoms with van der Waals surface area (Å²) in [6, 6.07) is 9.28. The summed E-state index contributed by atoms with van der Waals surface area (Å²) in [5, 5.41) is 9.72. The highest BCUT2D eigenvalue weighted by molar-refractivity contribution is 7.89. The Bertz CT molecular complexity index is 769. The van der Waals surface area contributed by atoms with Gasteiger partial charge in [0.15, 0.2) is 0 Å². The minimum absolute atomic E-state index is 0.122. The van der Waals surface area contributed by atoms with Gasteiger partial charge in [0, 0.05) is 25.7 Å². The maximum atomic E-state index is 12.9. The van der Waals surface area contributed by atoms with Crippen molar-refractivity contribution in [3.63, 3.8) is 0 Å². The first-order chi connectivity index (χ1) is 13.9. The summed E-state index contributed by atoms with van der Waals surface area (Å²) in [4.78, 5) is 2.79. The molecule has 29 heavy (non-hydrogen) atoms. The number of ether oxygens (including phenoxy) is 1. The summed E-state index contributed by atoms with van der Waals surface area (Å²) in [5.41, 5.74) is 0.122. The molecule has 162 valence electrons. The van der Waals surface area contributed by atoms with Crippen molar-refractivity contribution in [3.05, 3.63) is 30.3 Å². The molecule has 1 unspecified atom stereocenters. The maximum absolute atomic E-state index is 12.9. The van der Waals surface area contributed by atoms with Gasteiger partial charge < -0.3 is 14.7 Å². The van der Waals surface area contributed by atoms with E-state index in [-0.39, 0.29) is 17.6 Å². The molecule has 3 fully saturated rings. The Kier molecular flexibility index (Phi) is 6.33. The van der Waals surface area contributed by atoms with E-state index in [0.717, 1.165) is 58.1 Å². The summed E-state index contributed by atoms with van der Waals surface area (Å²) >= 11 is 0. The van der Waals surface area contributed by atoms with E-state index >= 15 is 0 Å². The van der Waals surface area contributed by atoms with E-state index in [9.17, 15) is 13.5 Å². The number of piperidine rings is 1. The summed E-state index contributed by atoms with van der Waals surface area (Å²) in [6.45, 7) is 2.82. The number of hydrogen-bond acceptors (Lipinski definition) is 5. The highest BCUT2D eigenvalue weighted by atomic mass is 32.2. The Morgan fingerprint density at radius 1 is 1.14 bits per heavy atom.